The summed E-state index contributed by atoms with van der Waals surface area (Å²) in [5.41, 5.74) is 0. The summed E-state index contributed by atoms with van der Waals surface area (Å²) in [6, 6.07) is 0. The van der Waals surface area contributed by atoms with Crippen LogP contribution in [0.5, 0.6) is 0 Å². The van der Waals surface area contributed by atoms with E-state index >= 15 is 0 Å². The van der Waals surface area contributed by atoms with E-state index in [9.17, 15) is 0 Å². The highest BCUT2D eigenvalue weighted by atomic mass is 32.1. The van der Waals surface area contributed by atoms with Crippen LogP contribution in [-0.4, -0.2) is 51.7 Å². The molecule has 0 N–H and O–H groups in total. The third kappa shape index (κ3) is 7.46. The van der Waals surface area contributed by atoms with Crippen molar-refractivity contribution in [1.29, 1.82) is 0 Å². The molecule has 1 aliphatic heterocycles. The van der Waals surface area contributed by atoms with Gasteiger partial charge in [-0.25, -0.2) is 0 Å². The molecule has 1 saturated heterocycles. The van der Waals surface area contributed by atoms with Crippen molar-refractivity contribution >= 4 is 12.6 Å². The average molecular weight is 250 g/mol. The van der Waals surface area contributed by atoms with Gasteiger partial charge in [0.05, 0.1) is 19.8 Å². The first-order valence-electron chi connectivity index (χ1n) is 5.89. The Balaban J connectivity index is 2.03. The van der Waals surface area contributed by atoms with Gasteiger partial charge < -0.3 is 18.9 Å². The molecule has 0 aromatic carbocycles. The molecule has 16 heavy (non-hydrogen) atoms. The maximum absolute atomic E-state index is 5.52. The van der Waals surface area contributed by atoms with Crippen molar-refractivity contribution in [2.24, 2.45) is 0 Å². The molecule has 1 rings (SSSR count). The van der Waals surface area contributed by atoms with Crippen LogP contribution in [0.25, 0.3) is 0 Å². The van der Waals surface area contributed by atoms with E-state index in [0.29, 0.717) is 26.6 Å². The smallest absolute Gasteiger partial charge is 0.147 e. The standard InChI is InChI=1S/C11H22O4S/c16-7-3-6-14-10-15-11-8-12-4-1-2-5-13-9-11/h11,16H,1-10H2. The Labute approximate surface area is 103 Å². The van der Waals surface area contributed by atoms with E-state index < -0.39 is 0 Å². The van der Waals surface area contributed by atoms with Crippen molar-refractivity contribution in [3.05, 3.63) is 0 Å². The molecule has 0 aromatic rings. The second-order valence-electron chi connectivity index (χ2n) is 3.75. The summed E-state index contributed by atoms with van der Waals surface area (Å²) in [7, 11) is 0. The molecule has 0 radical (unpaired) electrons. The van der Waals surface area contributed by atoms with Gasteiger partial charge in [-0.05, 0) is 25.0 Å². The molecule has 0 aliphatic carbocycles. The van der Waals surface area contributed by atoms with Crippen molar-refractivity contribution in [3.63, 3.8) is 0 Å². The summed E-state index contributed by atoms with van der Waals surface area (Å²) < 4.78 is 21.8. The molecular weight excluding hydrogens is 228 g/mol. The van der Waals surface area contributed by atoms with E-state index in [2.05, 4.69) is 12.6 Å². The molecule has 5 heteroatoms. The maximum Gasteiger partial charge on any atom is 0.147 e. The molecule has 0 amide bonds. The highest BCUT2D eigenvalue weighted by Crippen LogP contribution is 2.02. The zero-order valence-electron chi connectivity index (χ0n) is 9.73. The van der Waals surface area contributed by atoms with Crippen molar-refractivity contribution in [1.82, 2.24) is 0 Å². The van der Waals surface area contributed by atoms with Crippen LogP contribution in [0.4, 0.5) is 0 Å². The van der Waals surface area contributed by atoms with Crippen LogP contribution in [0.2, 0.25) is 0 Å². The maximum atomic E-state index is 5.52. The van der Waals surface area contributed by atoms with Gasteiger partial charge in [-0.1, -0.05) is 0 Å². The largest absolute Gasteiger partial charge is 0.379 e. The number of thiol groups is 1. The first-order valence-corrected chi connectivity index (χ1v) is 6.52. The molecule has 0 spiro atoms. The van der Waals surface area contributed by atoms with E-state index in [1.807, 2.05) is 0 Å². The molecular formula is C11H22O4S. The lowest BCUT2D eigenvalue weighted by molar-refractivity contribution is -0.127. The number of ether oxygens (including phenoxy) is 4. The fraction of sp³-hybridized carbons (Fsp3) is 1.00. The Morgan fingerprint density at radius 3 is 2.44 bits per heavy atom. The van der Waals surface area contributed by atoms with Gasteiger partial charge in [-0.15, -0.1) is 0 Å². The summed E-state index contributed by atoms with van der Waals surface area (Å²) in [6.07, 6.45) is 3.06. The average Bonchev–Trinajstić information content (AvgIpc) is 2.42. The van der Waals surface area contributed by atoms with Crippen LogP contribution in [0.15, 0.2) is 0 Å². The Kier molecular flexibility index (Phi) is 9.22. The van der Waals surface area contributed by atoms with E-state index in [1.165, 1.54) is 0 Å². The normalized spacial score (nSPS) is 20.1. The minimum atomic E-state index is -0.00546. The van der Waals surface area contributed by atoms with Gasteiger partial charge >= 0.3 is 0 Å². The number of hydrogen-bond acceptors (Lipinski definition) is 5. The number of rotatable bonds is 6. The predicted octanol–water partition coefficient (Wildman–Crippen LogP) is 1.49. The van der Waals surface area contributed by atoms with Gasteiger partial charge in [0.1, 0.15) is 12.9 Å². The summed E-state index contributed by atoms with van der Waals surface area (Å²) >= 11 is 4.10. The Bertz CT molecular complexity index is 147. The van der Waals surface area contributed by atoms with Crippen LogP contribution in [0.1, 0.15) is 19.3 Å². The lowest BCUT2D eigenvalue weighted by Crippen LogP contribution is -2.26. The second kappa shape index (κ2) is 10.4. The first-order chi connectivity index (χ1) is 7.93. The van der Waals surface area contributed by atoms with Crippen LogP contribution in [0.3, 0.4) is 0 Å². The summed E-state index contributed by atoms with van der Waals surface area (Å²) in [5.74, 6) is 0.843. The van der Waals surface area contributed by atoms with Crippen LogP contribution in [-0.2, 0) is 18.9 Å². The van der Waals surface area contributed by atoms with Crippen molar-refractivity contribution in [2.45, 2.75) is 25.4 Å². The summed E-state index contributed by atoms with van der Waals surface area (Å²) in [6.45, 7) is 3.78. The fourth-order valence-corrected chi connectivity index (χ4v) is 1.48. The highest BCUT2D eigenvalue weighted by Gasteiger charge is 2.11. The first kappa shape index (κ1) is 14.3. The van der Waals surface area contributed by atoms with Gasteiger partial charge in [0.25, 0.3) is 0 Å². The SMILES string of the molecule is SCCCOCOC1COCCCCOC1. The fourth-order valence-electron chi connectivity index (χ4n) is 1.35. The third-order valence-electron chi connectivity index (χ3n) is 2.27. The van der Waals surface area contributed by atoms with Gasteiger partial charge in [0.2, 0.25) is 0 Å². The summed E-state index contributed by atoms with van der Waals surface area (Å²) in [5, 5.41) is 0. The Morgan fingerprint density at radius 2 is 1.81 bits per heavy atom. The molecule has 0 atom stereocenters. The van der Waals surface area contributed by atoms with E-state index in [0.717, 1.165) is 38.2 Å². The zero-order valence-corrected chi connectivity index (χ0v) is 10.6. The molecule has 0 saturated carbocycles. The van der Waals surface area contributed by atoms with Crippen LogP contribution in [0, 0.1) is 0 Å². The topological polar surface area (TPSA) is 36.9 Å². The van der Waals surface area contributed by atoms with Gasteiger partial charge in [0, 0.05) is 13.2 Å². The van der Waals surface area contributed by atoms with Crippen molar-refractivity contribution < 1.29 is 18.9 Å². The third-order valence-corrected chi connectivity index (χ3v) is 2.58. The van der Waals surface area contributed by atoms with E-state index in [1.54, 1.807) is 0 Å². The lowest BCUT2D eigenvalue weighted by atomic mass is 10.3. The minimum absolute atomic E-state index is 0.00546. The molecule has 0 bridgehead atoms. The molecule has 96 valence electrons. The van der Waals surface area contributed by atoms with E-state index in [4.69, 9.17) is 18.9 Å². The molecule has 1 fully saturated rings. The van der Waals surface area contributed by atoms with Gasteiger partial charge in [0.15, 0.2) is 0 Å². The Hall–Kier alpha value is 0.190. The lowest BCUT2D eigenvalue weighted by Gasteiger charge is -2.16. The van der Waals surface area contributed by atoms with Gasteiger partial charge in [-0.2, -0.15) is 12.6 Å². The minimum Gasteiger partial charge on any atom is -0.379 e. The van der Waals surface area contributed by atoms with Crippen molar-refractivity contribution in [3.8, 4) is 0 Å². The highest BCUT2D eigenvalue weighted by molar-refractivity contribution is 7.80. The quantitative estimate of drug-likeness (QED) is 0.440. The van der Waals surface area contributed by atoms with Crippen molar-refractivity contribution in [2.75, 3.05) is 45.6 Å². The predicted molar refractivity (Wildman–Crippen MR) is 65.0 cm³/mol. The molecule has 1 aliphatic rings. The number of hydrogen-bond donors (Lipinski definition) is 1. The van der Waals surface area contributed by atoms with Crippen LogP contribution < -0.4 is 0 Å². The zero-order chi connectivity index (χ0) is 11.5. The molecule has 0 aromatic heterocycles. The summed E-state index contributed by atoms with van der Waals surface area (Å²) in [4.78, 5) is 0. The Morgan fingerprint density at radius 1 is 1.12 bits per heavy atom. The van der Waals surface area contributed by atoms with E-state index in [-0.39, 0.29) is 6.10 Å². The second-order valence-corrected chi connectivity index (χ2v) is 4.20. The monoisotopic (exact) mass is 250 g/mol. The van der Waals surface area contributed by atoms with Gasteiger partial charge in [-0.3, -0.25) is 0 Å². The molecule has 0 unspecified atom stereocenters. The van der Waals surface area contributed by atoms with Crippen LogP contribution >= 0.6 is 12.6 Å². The molecule has 4 nitrogen and oxygen atoms in total. The molecule has 1 heterocycles.